The quantitative estimate of drug-likeness (QED) is 0.852. The summed E-state index contributed by atoms with van der Waals surface area (Å²) in [6.45, 7) is 5.36. The number of nitrogens with zero attached hydrogens (tertiary/aromatic N) is 2. The Bertz CT molecular complexity index is 1020. The first-order chi connectivity index (χ1) is 13.1. The molecule has 0 radical (unpaired) electrons. The minimum absolute atomic E-state index is 0.0498. The van der Waals surface area contributed by atoms with E-state index < -0.39 is 29.2 Å². The number of pyridine rings is 1. The highest BCUT2D eigenvalue weighted by Gasteiger charge is 2.45. The SMILES string of the molecule is Cc1ccc(C2C(C(=O)C(C)C)=C(O)C(=O)N2c2cc(Cl)c(=O)n(C)c2)cc1. The molecule has 28 heavy (non-hydrogen) atoms. The van der Waals surface area contributed by atoms with Gasteiger partial charge in [-0.3, -0.25) is 19.3 Å². The number of carbonyl (C=O) groups is 2. The van der Waals surface area contributed by atoms with E-state index in [1.54, 1.807) is 13.8 Å². The van der Waals surface area contributed by atoms with E-state index in [4.69, 9.17) is 11.6 Å². The van der Waals surface area contributed by atoms with Gasteiger partial charge in [-0.05, 0) is 18.6 Å². The summed E-state index contributed by atoms with van der Waals surface area (Å²) in [6, 6.07) is 7.94. The Morgan fingerprint density at radius 3 is 2.32 bits per heavy atom. The number of amides is 1. The van der Waals surface area contributed by atoms with Crippen molar-refractivity contribution in [2.75, 3.05) is 4.90 Å². The average molecular weight is 401 g/mol. The number of hydrogen-bond donors (Lipinski definition) is 1. The van der Waals surface area contributed by atoms with Crippen molar-refractivity contribution in [2.45, 2.75) is 26.8 Å². The number of aryl methyl sites for hydroxylation is 2. The molecule has 6 nitrogen and oxygen atoms in total. The second-order valence-electron chi connectivity index (χ2n) is 7.23. The number of ketones is 1. The van der Waals surface area contributed by atoms with Crippen molar-refractivity contribution in [3.8, 4) is 0 Å². The van der Waals surface area contributed by atoms with Gasteiger partial charge in [0, 0.05) is 19.2 Å². The van der Waals surface area contributed by atoms with Crippen LogP contribution in [0.15, 0.2) is 52.7 Å². The van der Waals surface area contributed by atoms with Crippen molar-refractivity contribution in [3.63, 3.8) is 0 Å². The monoisotopic (exact) mass is 400 g/mol. The predicted octanol–water partition coefficient (Wildman–Crippen LogP) is 3.47. The molecule has 0 bridgehead atoms. The number of aromatic nitrogens is 1. The van der Waals surface area contributed by atoms with Gasteiger partial charge in [0.1, 0.15) is 5.02 Å². The fourth-order valence-electron chi connectivity index (χ4n) is 3.28. The number of hydrogen-bond acceptors (Lipinski definition) is 4. The summed E-state index contributed by atoms with van der Waals surface area (Å²) in [4.78, 5) is 39.0. The van der Waals surface area contributed by atoms with E-state index in [-0.39, 0.29) is 16.4 Å². The lowest BCUT2D eigenvalue weighted by Gasteiger charge is -2.27. The van der Waals surface area contributed by atoms with Gasteiger partial charge in [0.05, 0.1) is 17.3 Å². The van der Waals surface area contributed by atoms with Crippen LogP contribution in [0.25, 0.3) is 0 Å². The molecule has 146 valence electrons. The second kappa shape index (κ2) is 7.28. The molecule has 0 saturated heterocycles. The number of carbonyl (C=O) groups excluding carboxylic acids is 2. The standard InChI is InChI=1S/C21H21ClN2O4/c1-11(2)18(25)16-17(13-7-5-12(3)6-8-13)24(21(28)19(16)26)14-9-15(22)20(27)23(4)10-14/h5-11,17,26H,1-4H3. The van der Waals surface area contributed by atoms with Gasteiger partial charge >= 0.3 is 0 Å². The van der Waals surface area contributed by atoms with E-state index in [2.05, 4.69) is 0 Å². The first kappa shape index (κ1) is 19.9. The molecule has 0 saturated carbocycles. The molecule has 1 aliphatic heterocycles. The molecule has 1 aromatic carbocycles. The zero-order chi connectivity index (χ0) is 20.7. The molecule has 1 N–H and O–H groups in total. The second-order valence-corrected chi connectivity index (χ2v) is 7.64. The Hall–Kier alpha value is -2.86. The van der Waals surface area contributed by atoms with Crippen molar-refractivity contribution in [1.29, 1.82) is 0 Å². The van der Waals surface area contributed by atoms with Gasteiger partial charge < -0.3 is 9.67 Å². The lowest BCUT2D eigenvalue weighted by molar-refractivity contribution is -0.119. The van der Waals surface area contributed by atoms with E-state index in [1.807, 2.05) is 31.2 Å². The van der Waals surface area contributed by atoms with Crippen LogP contribution in [0, 0.1) is 12.8 Å². The summed E-state index contributed by atoms with van der Waals surface area (Å²) in [7, 11) is 1.52. The van der Waals surface area contributed by atoms with Gasteiger partial charge in [-0.15, -0.1) is 0 Å². The summed E-state index contributed by atoms with van der Waals surface area (Å²) < 4.78 is 1.26. The fourth-order valence-corrected chi connectivity index (χ4v) is 3.53. The van der Waals surface area contributed by atoms with Crippen LogP contribution in [0.5, 0.6) is 0 Å². The maximum absolute atomic E-state index is 12.9. The normalized spacial score (nSPS) is 17.0. The molecule has 1 unspecified atom stereocenters. The third-order valence-corrected chi connectivity index (χ3v) is 5.07. The van der Waals surface area contributed by atoms with Crippen molar-refractivity contribution in [2.24, 2.45) is 13.0 Å². The number of anilines is 1. The van der Waals surface area contributed by atoms with Gasteiger partial charge in [-0.2, -0.15) is 0 Å². The average Bonchev–Trinajstić information content (AvgIpc) is 2.90. The Labute approximate surface area is 167 Å². The molecule has 1 aliphatic rings. The van der Waals surface area contributed by atoms with Gasteiger partial charge in [0.2, 0.25) is 0 Å². The lowest BCUT2D eigenvalue weighted by Crippen LogP contribution is -2.32. The van der Waals surface area contributed by atoms with Crippen molar-refractivity contribution < 1.29 is 14.7 Å². The molecule has 0 aliphatic carbocycles. The Balaban J connectivity index is 2.24. The highest BCUT2D eigenvalue weighted by molar-refractivity contribution is 6.30. The maximum Gasteiger partial charge on any atom is 0.294 e. The minimum atomic E-state index is -0.809. The highest BCUT2D eigenvalue weighted by Crippen LogP contribution is 2.41. The number of rotatable bonds is 4. The van der Waals surface area contributed by atoms with Crippen molar-refractivity contribution >= 4 is 29.0 Å². The van der Waals surface area contributed by atoms with Crippen LogP contribution in [-0.2, 0) is 16.6 Å². The van der Waals surface area contributed by atoms with E-state index in [1.165, 1.54) is 28.8 Å². The number of benzene rings is 1. The van der Waals surface area contributed by atoms with Gasteiger partial charge in [0.25, 0.3) is 11.5 Å². The maximum atomic E-state index is 12.9. The molecule has 1 amide bonds. The van der Waals surface area contributed by atoms with E-state index in [9.17, 15) is 19.5 Å². The number of aliphatic hydroxyl groups excluding tert-OH is 1. The molecule has 1 aromatic heterocycles. The topological polar surface area (TPSA) is 79.6 Å². The Morgan fingerprint density at radius 1 is 1.18 bits per heavy atom. The summed E-state index contributed by atoms with van der Waals surface area (Å²) in [6.07, 6.45) is 1.46. The number of Topliss-reactive ketones (excluding diaryl/α,β-unsaturated/α-hetero) is 1. The zero-order valence-corrected chi connectivity index (χ0v) is 16.8. The van der Waals surface area contributed by atoms with Crippen LogP contribution in [0.4, 0.5) is 5.69 Å². The molecule has 0 fully saturated rings. The Kier molecular flexibility index (Phi) is 5.17. The van der Waals surface area contributed by atoms with Crippen LogP contribution < -0.4 is 10.5 Å². The number of halogens is 1. The third-order valence-electron chi connectivity index (χ3n) is 4.79. The van der Waals surface area contributed by atoms with Crippen LogP contribution >= 0.6 is 11.6 Å². The minimum Gasteiger partial charge on any atom is -0.503 e. The van der Waals surface area contributed by atoms with Gasteiger partial charge in [-0.1, -0.05) is 55.3 Å². The van der Waals surface area contributed by atoms with Crippen LogP contribution in [0.3, 0.4) is 0 Å². The lowest BCUT2D eigenvalue weighted by atomic mass is 9.91. The summed E-state index contributed by atoms with van der Waals surface area (Å²) in [5.41, 5.74) is 1.67. The van der Waals surface area contributed by atoms with E-state index >= 15 is 0 Å². The van der Waals surface area contributed by atoms with E-state index in [0.717, 1.165) is 5.56 Å². The summed E-state index contributed by atoms with van der Waals surface area (Å²) in [5.74, 6) is -1.99. The van der Waals surface area contributed by atoms with Crippen LogP contribution in [-0.4, -0.2) is 21.4 Å². The first-order valence-electron chi connectivity index (χ1n) is 8.87. The predicted molar refractivity (Wildman–Crippen MR) is 108 cm³/mol. The summed E-state index contributed by atoms with van der Waals surface area (Å²) in [5, 5.41) is 10.5. The first-order valence-corrected chi connectivity index (χ1v) is 9.25. The summed E-state index contributed by atoms with van der Waals surface area (Å²) >= 11 is 6.03. The smallest absolute Gasteiger partial charge is 0.294 e. The molecule has 7 heteroatoms. The molecular weight excluding hydrogens is 380 g/mol. The largest absolute Gasteiger partial charge is 0.503 e. The van der Waals surface area contributed by atoms with Crippen molar-refractivity contribution in [1.82, 2.24) is 4.57 Å². The molecular formula is C21H21ClN2O4. The fraction of sp³-hybridized carbons (Fsp3) is 0.286. The van der Waals surface area contributed by atoms with Gasteiger partial charge in [-0.25, -0.2) is 0 Å². The molecule has 0 spiro atoms. The molecule has 1 atom stereocenters. The number of aliphatic hydroxyl groups is 1. The highest BCUT2D eigenvalue weighted by atomic mass is 35.5. The van der Waals surface area contributed by atoms with Crippen LogP contribution in [0.1, 0.15) is 31.0 Å². The molecule has 3 rings (SSSR count). The zero-order valence-electron chi connectivity index (χ0n) is 16.1. The molecule has 2 heterocycles. The van der Waals surface area contributed by atoms with Crippen molar-refractivity contribution in [3.05, 3.63) is 74.4 Å². The Morgan fingerprint density at radius 2 is 1.79 bits per heavy atom. The molecule has 2 aromatic rings. The third kappa shape index (κ3) is 3.24. The van der Waals surface area contributed by atoms with E-state index in [0.29, 0.717) is 11.3 Å². The van der Waals surface area contributed by atoms with Gasteiger partial charge in [0.15, 0.2) is 11.5 Å². The van der Waals surface area contributed by atoms with Crippen LogP contribution in [0.2, 0.25) is 5.02 Å².